The number of hydrogen-bond acceptors (Lipinski definition) is 8. The van der Waals surface area contributed by atoms with Gasteiger partial charge in [0.15, 0.2) is 4.34 Å². The molecular formula is C17H21N5O3S2. The number of amides is 1. The number of thioether (sulfide) groups is 1. The maximum absolute atomic E-state index is 12.7. The van der Waals surface area contributed by atoms with Crippen molar-refractivity contribution in [3.05, 3.63) is 33.9 Å². The van der Waals surface area contributed by atoms with Crippen molar-refractivity contribution in [3.63, 3.8) is 0 Å². The summed E-state index contributed by atoms with van der Waals surface area (Å²) in [7, 11) is 0. The molecule has 10 heteroatoms. The lowest BCUT2D eigenvalue weighted by Crippen LogP contribution is -2.36. The molecule has 0 bridgehead atoms. The van der Waals surface area contributed by atoms with E-state index < -0.39 is 4.92 Å². The molecule has 0 spiro atoms. The van der Waals surface area contributed by atoms with E-state index in [1.54, 1.807) is 17.0 Å². The molecule has 0 aliphatic carbocycles. The fraction of sp³-hybridized carbons (Fsp3) is 0.471. The Labute approximate surface area is 165 Å². The Kier molecular flexibility index (Phi) is 6.62. The number of non-ortho nitro benzene ring substituents is 1. The van der Waals surface area contributed by atoms with Crippen LogP contribution in [0.4, 0.5) is 16.5 Å². The van der Waals surface area contributed by atoms with Gasteiger partial charge in [-0.25, -0.2) is 0 Å². The maximum atomic E-state index is 12.7. The van der Waals surface area contributed by atoms with Crippen LogP contribution in [0.5, 0.6) is 0 Å². The van der Waals surface area contributed by atoms with E-state index in [0.717, 1.165) is 53.0 Å². The number of anilines is 2. The van der Waals surface area contributed by atoms with Crippen LogP contribution in [0.25, 0.3) is 0 Å². The van der Waals surface area contributed by atoms with Gasteiger partial charge in [-0.2, -0.15) is 0 Å². The molecule has 0 atom stereocenters. The lowest BCUT2D eigenvalue weighted by atomic mass is 10.0. The van der Waals surface area contributed by atoms with Crippen molar-refractivity contribution in [2.75, 3.05) is 29.1 Å². The first-order valence-corrected chi connectivity index (χ1v) is 10.7. The van der Waals surface area contributed by atoms with Gasteiger partial charge in [0.05, 0.1) is 10.7 Å². The highest BCUT2D eigenvalue weighted by Crippen LogP contribution is 2.32. The van der Waals surface area contributed by atoms with Gasteiger partial charge in [0.25, 0.3) is 5.69 Å². The third-order valence-electron chi connectivity index (χ3n) is 4.23. The van der Waals surface area contributed by atoms with Crippen molar-refractivity contribution in [1.29, 1.82) is 0 Å². The third kappa shape index (κ3) is 4.95. The molecule has 0 saturated carbocycles. The lowest BCUT2D eigenvalue weighted by molar-refractivity contribution is -0.384. The van der Waals surface area contributed by atoms with Crippen LogP contribution in [-0.2, 0) is 11.2 Å². The van der Waals surface area contributed by atoms with Crippen LogP contribution in [0.15, 0.2) is 22.5 Å². The van der Waals surface area contributed by atoms with Gasteiger partial charge >= 0.3 is 0 Å². The zero-order valence-electron chi connectivity index (χ0n) is 15.0. The van der Waals surface area contributed by atoms with Gasteiger partial charge in [-0.05, 0) is 30.9 Å². The molecule has 27 heavy (non-hydrogen) atoms. The summed E-state index contributed by atoms with van der Waals surface area (Å²) in [6, 6.07) is 4.70. The van der Waals surface area contributed by atoms with E-state index >= 15 is 0 Å². The highest BCUT2D eigenvalue weighted by atomic mass is 32.2. The van der Waals surface area contributed by atoms with Crippen LogP contribution in [-0.4, -0.2) is 39.9 Å². The van der Waals surface area contributed by atoms with Crippen molar-refractivity contribution in [3.8, 4) is 0 Å². The first-order valence-electron chi connectivity index (χ1n) is 8.86. The normalized spacial score (nSPS) is 13.3. The molecule has 3 rings (SSSR count). The minimum atomic E-state index is -0.404. The van der Waals surface area contributed by atoms with Crippen molar-refractivity contribution < 1.29 is 9.72 Å². The molecule has 2 heterocycles. The third-order valence-corrected chi connectivity index (χ3v) is 6.22. The maximum Gasteiger partial charge on any atom is 0.269 e. The van der Waals surface area contributed by atoms with E-state index in [1.807, 2.05) is 0 Å². The number of nitro benzene ring substituents is 1. The fourth-order valence-electron chi connectivity index (χ4n) is 2.87. The molecule has 144 valence electrons. The van der Waals surface area contributed by atoms with E-state index in [4.69, 9.17) is 0 Å². The first kappa shape index (κ1) is 19.6. The number of aromatic nitrogens is 2. The zero-order chi connectivity index (χ0) is 19.2. The van der Waals surface area contributed by atoms with Crippen molar-refractivity contribution in [2.24, 2.45) is 0 Å². The molecule has 8 nitrogen and oxygen atoms in total. The Hall–Kier alpha value is -2.20. The zero-order valence-corrected chi connectivity index (χ0v) is 16.6. The Morgan fingerprint density at radius 3 is 3.07 bits per heavy atom. The van der Waals surface area contributed by atoms with Gasteiger partial charge in [-0.3, -0.25) is 14.9 Å². The Morgan fingerprint density at radius 2 is 2.30 bits per heavy atom. The smallest absolute Gasteiger partial charge is 0.269 e. The Morgan fingerprint density at radius 1 is 1.44 bits per heavy atom. The fourth-order valence-corrected chi connectivity index (χ4v) is 4.52. The monoisotopic (exact) mass is 407 g/mol. The number of nitrogens with one attached hydrogen (secondary N) is 1. The lowest BCUT2D eigenvalue weighted by Gasteiger charge is -2.29. The summed E-state index contributed by atoms with van der Waals surface area (Å²) >= 11 is 2.82. The SMILES string of the molecule is CCCCNc1nnc(SCC(=O)N2CCCc3cc([N+](=O)[O-])ccc32)s1. The summed E-state index contributed by atoms with van der Waals surface area (Å²) in [4.78, 5) is 24.9. The minimum Gasteiger partial charge on any atom is -0.360 e. The van der Waals surface area contributed by atoms with Crippen LogP contribution in [0.2, 0.25) is 0 Å². The molecule has 0 saturated heterocycles. The number of unbranched alkanes of at least 4 members (excludes halogenated alkanes) is 1. The number of carbonyl (C=O) groups excluding carboxylic acids is 1. The van der Waals surface area contributed by atoms with Crippen LogP contribution in [0.1, 0.15) is 31.7 Å². The molecule has 1 aromatic carbocycles. The number of nitro groups is 1. The topological polar surface area (TPSA) is 101 Å². The molecule has 1 aromatic heterocycles. The second-order valence-electron chi connectivity index (χ2n) is 6.16. The summed E-state index contributed by atoms with van der Waals surface area (Å²) in [5, 5.41) is 23.1. The van der Waals surface area contributed by atoms with Gasteiger partial charge in [-0.15, -0.1) is 10.2 Å². The van der Waals surface area contributed by atoms with Crippen LogP contribution in [0, 0.1) is 10.1 Å². The number of hydrogen-bond donors (Lipinski definition) is 1. The van der Waals surface area contributed by atoms with Crippen molar-refractivity contribution in [1.82, 2.24) is 10.2 Å². The van der Waals surface area contributed by atoms with Gasteiger partial charge < -0.3 is 10.2 Å². The molecule has 0 radical (unpaired) electrons. The summed E-state index contributed by atoms with van der Waals surface area (Å²) in [6.07, 6.45) is 3.74. The molecule has 1 amide bonds. The second-order valence-corrected chi connectivity index (χ2v) is 8.36. The standard InChI is InChI=1S/C17H21N5O3S2/c1-2-3-8-18-16-19-20-17(27-16)26-11-15(23)21-9-4-5-12-10-13(22(24)25)6-7-14(12)21/h6-7,10H,2-5,8-9,11H2,1H3,(H,18,19). The van der Waals surface area contributed by atoms with Crippen molar-refractivity contribution in [2.45, 2.75) is 36.9 Å². The number of rotatable bonds is 8. The Balaban J connectivity index is 1.60. The predicted octanol–water partition coefficient (Wildman–Crippen LogP) is 3.73. The minimum absolute atomic E-state index is 0.0227. The van der Waals surface area contributed by atoms with E-state index in [1.165, 1.54) is 29.2 Å². The van der Waals surface area contributed by atoms with Gasteiger partial charge in [-0.1, -0.05) is 36.4 Å². The molecule has 1 aliphatic heterocycles. The van der Waals surface area contributed by atoms with Crippen LogP contribution >= 0.6 is 23.1 Å². The van der Waals surface area contributed by atoms with E-state index in [9.17, 15) is 14.9 Å². The van der Waals surface area contributed by atoms with E-state index in [0.29, 0.717) is 6.54 Å². The summed E-state index contributed by atoms with van der Waals surface area (Å²) in [5.41, 5.74) is 1.69. The highest BCUT2D eigenvalue weighted by molar-refractivity contribution is 8.01. The van der Waals surface area contributed by atoms with Crippen LogP contribution < -0.4 is 10.2 Å². The number of fused-ring (bicyclic) bond motifs is 1. The molecule has 2 aromatic rings. The number of aryl methyl sites for hydroxylation is 1. The quantitative estimate of drug-likeness (QED) is 0.308. The van der Waals surface area contributed by atoms with Gasteiger partial charge in [0.2, 0.25) is 11.0 Å². The molecular weight excluding hydrogens is 386 g/mol. The summed E-state index contributed by atoms with van der Waals surface area (Å²) < 4.78 is 0.753. The average molecular weight is 408 g/mol. The van der Waals surface area contributed by atoms with Gasteiger partial charge in [0.1, 0.15) is 0 Å². The molecule has 0 unspecified atom stereocenters. The molecule has 0 fully saturated rings. The summed E-state index contributed by atoms with van der Waals surface area (Å²) in [5.74, 6) is 0.241. The summed E-state index contributed by atoms with van der Waals surface area (Å²) in [6.45, 7) is 3.63. The van der Waals surface area contributed by atoms with Crippen molar-refractivity contribution >= 4 is 45.5 Å². The Bertz CT molecular complexity index is 827. The second kappa shape index (κ2) is 9.14. The predicted molar refractivity (Wildman–Crippen MR) is 108 cm³/mol. The van der Waals surface area contributed by atoms with E-state index in [2.05, 4.69) is 22.4 Å². The molecule has 1 N–H and O–H groups in total. The largest absolute Gasteiger partial charge is 0.360 e. The average Bonchev–Trinajstić information content (AvgIpc) is 3.13. The highest BCUT2D eigenvalue weighted by Gasteiger charge is 2.24. The number of carbonyl (C=O) groups is 1. The van der Waals surface area contributed by atoms with E-state index in [-0.39, 0.29) is 17.3 Å². The van der Waals surface area contributed by atoms with Gasteiger partial charge in [0, 0.05) is 30.9 Å². The van der Waals surface area contributed by atoms with Crippen LogP contribution in [0.3, 0.4) is 0 Å². The number of nitrogens with zero attached hydrogens (tertiary/aromatic N) is 4. The first-order chi connectivity index (χ1) is 13.1. The molecule has 1 aliphatic rings. The number of benzene rings is 1.